The highest BCUT2D eigenvalue weighted by atomic mass is 35.5. The van der Waals surface area contributed by atoms with Gasteiger partial charge in [-0.2, -0.15) is 0 Å². The monoisotopic (exact) mass is 226 g/mol. The van der Waals surface area contributed by atoms with Gasteiger partial charge < -0.3 is 4.74 Å². The molecule has 0 unspecified atom stereocenters. The summed E-state index contributed by atoms with van der Waals surface area (Å²) in [5, 5.41) is 0. The van der Waals surface area contributed by atoms with Crippen molar-refractivity contribution in [3.63, 3.8) is 0 Å². The molecule has 1 rings (SSSR count). The van der Waals surface area contributed by atoms with Crippen molar-refractivity contribution < 1.29 is 9.53 Å². The predicted octanol–water partition coefficient (Wildman–Crippen LogP) is 3.21. The van der Waals surface area contributed by atoms with Crippen LogP contribution in [0.4, 0.5) is 0 Å². The molecule has 0 saturated carbocycles. The molecule has 1 aromatic rings. The molecular formula is C12H15ClO2. The summed E-state index contributed by atoms with van der Waals surface area (Å²) in [4.78, 5) is 11.5. The van der Waals surface area contributed by atoms with Gasteiger partial charge in [-0.1, -0.05) is 0 Å². The number of halogens is 1. The second-order valence-corrected chi connectivity index (χ2v) is 3.65. The number of aryl methyl sites for hydroxylation is 1. The maximum absolute atomic E-state index is 11.5. The number of alkyl halides is 1. The van der Waals surface area contributed by atoms with E-state index in [0.29, 0.717) is 24.5 Å². The molecule has 0 radical (unpaired) electrons. The lowest BCUT2D eigenvalue weighted by molar-refractivity contribution is 0.0989. The largest absolute Gasteiger partial charge is 0.494 e. The van der Waals surface area contributed by atoms with E-state index in [2.05, 4.69) is 0 Å². The first-order valence-corrected chi connectivity index (χ1v) is 5.55. The van der Waals surface area contributed by atoms with Crippen molar-refractivity contribution in [1.82, 2.24) is 0 Å². The van der Waals surface area contributed by atoms with E-state index in [1.807, 2.05) is 26.0 Å². The number of ketones is 1. The van der Waals surface area contributed by atoms with Crippen molar-refractivity contribution >= 4 is 17.4 Å². The second kappa shape index (κ2) is 5.76. The number of carbonyl (C=O) groups is 1. The number of carbonyl (C=O) groups excluding carboxylic acids is 1. The van der Waals surface area contributed by atoms with Gasteiger partial charge in [0.25, 0.3) is 0 Å². The Hall–Kier alpha value is -1.02. The summed E-state index contributed by atoms with van der Waals surface area (Å²) in [6.07, 6.45) is 0.384. The smallest absolute Gasteiger partial charge is 0.164 e. The van der Waals surface area contributed by atoms with Gasteiger partial charge in [-0.25, -0.2) is 0 Å². The van der Waals surface area contributed by atoms with Gasteiger partial charge in [0, 0.05) is 17.9 Å². The Labute approximate surface area is 95.2 Å². The number of hydrogen-bond donors (Lipinski definition) is 0. The summed E-state index contributed by atoms with van der Waals surface area (Å²) in [6.45, 7) is 4.50. The molecule has 0 aliphatic rings. The predicted molar refractivity (Wildman–Crippen MR) is 62.0 cm³/mol. The van der Waals surface area contributed by atoms with Crippen molar-refractivity contribution in [1.29, 1.82) is 0 Å². The van der Waals surface area contributed by atoms with Crippen LogP contribution < -0.4 is 4.74 Å². The molecule has 0 bridgehead atoms. The molecule has 82 valence electrons. The molecule has 0 atom stereocenters. The SMILES string of the molecule is CCOc1ccc(C(=O)CCCl)cc1C. The highest BCUT2D eigenvalue weighted by Crippen LogP contribution is 2.19. The highest BCUT2D eigenvalue weighted by Gasteiger charge is 2.07. The molecule has 0 amide bonds. The first kappa shape index (κ1) is 12.1. The molecule has 0 N–H and O–H groups in total. The summed E-state index contributed by atoms with van der Waals surface area (Å²) in [5.74, 6) is 1.28. The molecule has 15 heavy (non-hydrogen) atoms. The fourth-order valence-corrected chi connectivity index (χ4v) is 1.54. The molecule has 2 nitrogen and oxygen atoms in total. The van der Waals surface area contributed by atoms with Crippen LogP contribution in [0.1, 0.15) is 29.3 Å². The number of rotatable bonds is 5. The Morgan fingerprint density at radius 1 is 1.47 bits per heavy atom. The van der Waals surface area contributed by atoms with E-state index < -0.39 is 0 Å². The van der Waals surface area contributed by atoms with Gasteiger partial charge in [-0.3, -0.25) is 4.79 Å². The molecule has 1 aromatic carbocycles. The van der Waals surface area contributed by atoms with E-state index in [0.717, 1.165) is 11.3 Å². The zero-order chi connectivity index (χ0) is 11.3. The molecular weight excluding hydrogens is 212 g/mol. The standard InChI is InChI=1S/C12H15ClO2/c1-3-15-12-5-4-10(8-9(12)2)11(14)6-7-13/h4-5,8H,3,6-7H2,1-2H3. The molecule has 0 aliphatic heterocycles. The first-order chi connectivity index (χ1) is 7.19. The average molecular weight is 227 g/mol. The zero-order valence-corrected chi connectivity index (χ0v) is 9.80. The number of ether oxygens (including phenoxy) is 1. The van der Waals surface area contributed by atoms with Gasteiger partial charge >= 0.3 is 0 Å². The Kier molecular flexibility index (Phi) is 4.63. The van der Waals surface area contributed by atoms with Gasteiger partial charge in [0.1, 0.15) is 5.75 Å². The summed E-state index contributed by atoms with van der Waals surface area (Å²) in [7, 11) is 0. The molecule has 0 heterocycles. The van der Waals surface area contributed by atoms with Gasteiger partial charge in [-0.05, 0) is 37.6 Å². The van der Waals surface area contributed by atoms with Crippen molar-refractivity contribution in [2.45, 2.75) is 20.3 Å². The van der Waals surface area contributed by atoms with Gasteiger partial charge in [0.15, 0.2) is 5.78 Å². The zero-order valence-electron chi connectivity index (χ0n) is 9.05. The Morgan fingerprint density at radius 3 is 2.73 bits per heavy atom. The van der Waals surface area contributed by atoms with Crippen LogP contribution in [-0.2, 0) is 0 Å². The molecule has 0 aliphatic carbocycles. The van der Waals surface area contributed by atoms with Crippen LogP contribution in [0.25, 0.3) is 0 Å². The number of hydrogen-bond acceptors (Lipinski definition) is 2. The fraction of sp³-hybridized carbons (Fsp3) is 0.417. The van der Waals surface area contributed by atoms with Gasteiger partial charge in [-0.15, -0.1) is 11.6 Å². The highest BCUT2D eigenvalue weighted by molar-refractivity contribution is 6.19. The molecule has 0 spiro atoms. The van der Waals surface area contributed by atoms with Crippen molar-refractivity contribution in [2.75, 3.05) is 12.5 Å². The van der Waals surface area contributed by atoms with Gasteiger partial charge in [0.2, 0.25) is 0 Å². The van der Waals surface area contributed by atoms with E-state index in [1.54, 1.807) is 6.07 Å². The normalized spacial score (nSPS) is 10.1. The van der Waals surface area contributed by atoms with Crippen LogP contribution >= 0.6 is 11.6 Å². The van der Waals surface area contributed by atoms with E-state index >= 15 is 0 Å². The van der Waals surface area contributed by atoms with E-state index in [4.69, 9.17) is 16.3 Å². The minimum absolute atomic E-state index is 0.0798. The summed E-state index contributed by atoms with van der Waals surface area (Å²) >= 11 is 5.52. The van der Waals surface area contributed by atoms with Crippen LogP contribution in [0, 0.1) is 6.92 Å². The van der Waals surface area contributed by atoms with Crippen molar-refractivity contribution in [3.8, 4) is 5.75 Å². The van der Waals surface area contributed by atoms with E-state index in [9.17, 15) is 4.79 Å². The Balaban J connectivity index is 2.86. The van der Waals surface area contributed by atoms with E-state index in [1.165, 1.54) is 0 Å². The number of Topliss-reactive ketones (excluding diaryl/α,β-unsaturated/α-hetero) is 1. The molecule has 0 aromatic heterocycles. The molecule has 0 fully saturated rings. The van der Waals surface area contributed by atoms with Crippen LogP contribution in [0.2, 0.25) is 0 Å². The lowest BCUT2D eigenvalue weighted by atomic mass is 10.1. The summed E-state index contributed by atoms with van der Waals surface area (Å²) in [5.41, 5.74) is 1.69. The quantitative estimate of drug-likeness (QED) is 0.569. The Morgan fingerprint density at radius 2 is 2.20 bits per heavy atom. The third kappa shape index (κ3) is 3.24. The lowest BCUT2D eigenvalue weighted by Crippen LogP contribution is -2.01. The maximum Gasteiger partial charge on any atom is 0.164 e. The number of benzene rings is 1. The van der Waals surface area contributed by atoms with Crippen LogP contribution in [-0.4, -0.2) is 18.3 Å². The van der Waals surface area contributed by atoms with Gasteiger partial charge in [0.05, 0.1) is 6.61 Å². The summed E-state index contributed by atoms with van der Waals surface area (Å²) < 4.78 is 5.39. The maximum atomic E-state index is 11.5. The Bertz CT molecular complexity index is 347. The first-order valence-electron chi connectivity index (χ1n) is 5.01. The molecule has 0 saturated heterocycles. The third-order valence-electron chi connectivity index (χ3n) is 2.12. The van der Waals surface area contributed by atoms with Crippen molar-refractivity contribution in [2.24, 2.45) is 0 Å². The third-order valence-corrected chi connectivity index (χ3v) is 2.31. The second-order valence-electron chi connectivity index (χ2n) is 3.28. The van der Waals surface area contributed by atoms with E-state index in [-0.39, 0.29) is 5.78 Å². The summed E-state index contributed by atoms with van der Waals surface area (Å²) in [6, 6.07) is 5.47. The lowest BCUT2D eigenvalue weighted by Gasteiger charge is -2.08. The minimum Gasteiger partial charge on any atom is -0.494 e. The van der Waals surface area contributed by atoms with Crippen LogP contribution in [0.3, 0.4) is 0 Å². The fourth-order valence-electron chi connectivity index (χ4n) is 1.37. The minimum atomic E-state index is 0.0798. The van der Waals surface area contributed by atoms with Crippen LogP contribution in [0.15, 0.2) is 18.2 Å². The molecule has 3 heteroatoms. The van der Waals surface area contributed by atoms with Crippen molar-refractivity contribution in [3.05, 3.63) is 29.3 Å². The topological polar surface area (TPSA) is 26.3 Å². The van der Waals surface area contributed by atoms with Crippen LogP contribution in [0.5, 0.6) is 5.75 Å². The average Bonchev–Trinajstić information content (AvgIpc) is 2.21.